The van der Waals surface area contributed by atoms with Crippen LogP contribution in [0.1, 0.15) is 0 Å². The molecule has 0 aliphatic carbocycles. The number of hydrogen-bond acceptors (Lipinski definition) is 2. The minimum absolute atomic E-state index is 0.292. The molecule has 0 fully saturated rings. The second-order valence-electron chi connectivity index (χ2n) is 2.00. The molecule has 0 aliphatic heterocycles. The number of amides is 1. The maximum absolute atomic E-state index is 10.3. The number of rotatable bonds is 1. The van der Waals surface area contributed by atoms with Gasteiger partial charge in [0, 0.05) is 5.16 Å². The number of para-hydroxylation sites is 1. The number of aliphatic imine (C=N–C) groups is 1. The molecule has 1 aromatic rings. The first-order valence-corrected chi connectivity index (χ1v) is 4.19. The number of thiol groups is 1. The molecule has 3 nitrogen and oxygen atoms in total. The van der Waals surface area contributed by atoms with Gasteiger partial charge in [-0.1, -0.05) is 18.2 Å². The van der Waals surface area contributed by atoms with E-state index in [1.165, 1.54) is 0 Å². The van der Waals surface area contributed by atoms with Crippen molar-refractivity contribution >= 4 is 27.4 Å². The van der Waals surface area contributed by atoms with Crippen LogP contribution in [0.15, 0.2) is 35.3 Å². The normalized spacial score (nSPS) is 8.67. The molecule has 12 heavy (non-hydrogen) atoms. The predicted molar refractivity (Wildman–Crippen MR) is 52.1 cm³/mol. The summed E-state index contributed by atoms with van der Waals surface area (Å²) in [7, 11) is 0. The number of primary amides is 1. The minimum Gasteiger partial charge on any atom is -0.361 e. The fraction of sp³-hybridized carbons (Fsp3) is 0. The van der Waals surface area contributed by atoms with Gasteiger partial charge in [0.05, 0.1) is 5.69 Å². The molecule has 1 aromatic carbocycles. The van der Waals surface area contributed by atoms with E-state index in [1.807, 2.05) is 30.3 Å². The maximum Gasteiger partial charge on any atom is 0.276 e. The fourth-order valence-electron chi connectivity index (χ4n) is 0.635. The van der Waals surface area contributed by atoms with E-state index in [0.29, 0.717) is 11.4 Å². The number of carbonyl (C=O) groups excluding carboxylic acids is 1. The van der Waals surface area contributed by atoms with Gasteiger partial charge in [-0.05, 0) is 23.5 Å². The molecular formula is C8H8N2OS. The number of benzene rings is 1. The van der Waals surface area contributed by atoms with Crippen molar-refractivity contribution in [2.24, 2.45) is 10.7 Å². The molecule has 62 valence electrons. The summed E-state index contributed by atoms with van der Waals surface area (Å²) in [5.41, 5.74) is 5.65. The van der Waals surface area contributed by atoms with Gasteiger partial charge in [-0.2, -0.15) is 4.99 Å². The zero-order valence-electron chi connectivity index (χ0n) is 6.27. The summed E-state index contributed by atoms with van der Waals surface area (Å²) < 4.78 is 0. The molecule has 0 bridgehead atoms. The van der Waals surface area contributed by atoms with Crippen molar-refractivity contribution in [3.63, 3.8) is 0 Å². The van der Waals surface area contributed by atoms with Gasteiger partial charge in [0.15, 0.2) is 0 Å². The highest BCUT2D eigenvalue weighted by Gasteiger charge is 1.81. The molecule has 0 heterocycles. The Morgan fingerprint density at radius 1 is 1.42 bits per heavy atom. The highest BCUT2D eigenvalue weighted by Crippen LogP contribution is 2.07. The quantitative estimate of drug-likeness (QED) is 0.386. The number of nitrogens with zero attached hydrogens (tertiary/aromatic N) is 1. The first kappa shape index (κ1) is 8.71. The summed E-state index contributed by atoms with van der Waals surface area (Å²) in [6.45, 7) is 0. The standard InChI is InChI=1S/C8H8N2OS/c9-8(11)12-6-10-7-4-2-1-3-5-7/h1-5,12H,(H2,9,11). The van der Waals surface area contributed by atoms with Crippen molar-refractivity contribution in [2.75, 3.05) is 0 Å². The first-order chi connectivity index (χ1) is 5.79. The lowest BCUT2D eigenvalue weighted by molar-refractivity contribution is 0.267. The lowest BCUT2D eigenvalue weighted by Crippen LogP contribution is -1.97. The summed E-state index contributed by atoms with van der Waals surface area (Å²) in [5.74, 6) is 0. The molecule has 1 amide bonds. The third-order valence-electron chi connectivity index (χ3n) is 1.10. The number of nitrogens with two attached hydrogens (primary N) is 1. The predicted octanol–water partition coefficient (Wildman–Crippen LogP) is 1.77. The van der Waals surface area contributed by atoms with Crippen LogP contribution in [0.25, 0.3) is 0 Å². The van der Waals surface area contributed by atoms with Crippen LogP contribution < -0.4 is 5.73 Å². The van der Waals surface area contributed by atoms with Crippen LogP contribution in [-0.4, -0.2) is 10.4 Å². The number of hydrogen-bond donors (Lipinski definition) is 2. The van der Waals surface area contributed by atoms with E-state index in [9.17, 15) is 4.79 Å². The van der Waals surface area contributed by atoms with Crippen molar-refractivity contribution in [1.29, 1.82) is 0 Å². The Kier molecular flexibility index (Phi) is 3.26. The molecule has 0 unspecified atom stereocenters. The molecule has 0 spiro atoms. The van der Waals surface area contributed by atoms with Crippen molar-refractivity contribution < 1.29 is 4.79 Å². The zero-order chi connectivity index (χ0) is 8.81. The lowest BCUT2D eigenvalue weighted by Gasteiger charge is -1.85. The van der Waals surface area contributed by atoms with E-state index >= 15 is 0 Å². The van der Waals surface area contributed by atoms with Crippen molar-refractivity contribution in [1.82, 2.24) is 0 Å². The Balaban J connectivity index is 2.77. The molecule has 0 saturated heterocycles. The summed E-state index contributed by atoms with van der Waals surface area (Å²) in [6.07, 6.45) is 0. The van der Waals surface area contributed by atoms with Crippen LogP contribution >= 0.6 is 11.4 Å². The van der Waals surface area contributed by atoms with E-state index in [0.717, 1.165) is 5.69 Å². The molecule has 0 radical (unpaired) electrons. The zero-order valence-corrected chi connectivity index (χ0v) is 7.16. The van der Waals surface area contributed by atoms with Crippen LogP contribution in [0.5, 0.6) is 0 Å². The minimum atomic E-state index is -0.449. The summed E-state index contributed by atoms with van der Waals surface area (Å²) in [5, 5.41) is 2.07. The van der Waals surface area contributed by atoms with E-state index in [2.05, 4.69) is 10.2 Å². The van der Waals surface area contributed by atoms with E-state index < -0.39 is 5.24 Å². The van der Waals surface area contributed by atoms with Crippen LogP contribution in [0, 0.1) is 0 Å². The van der Waals surface area contributed by atoms with E-state index in [4.69, 9.17) is 5.73 Å². The van der Waals surface area contributed by atoms with Gasteiger partial charge in [-0.25, -0.2) is 0 Å². The van der Waals surface area contributed by atoms with Crippen molar-refractivity contribution in [2.45, 2.75) is 0 Å². The molecule has 0 saturated carbocycles. The summed E-state index contributed by atoms with van der Waals surface area (Å²) in [4.78, 5) is 14.2. The monoisotopic (exact) mass is 180 g/mol. The Morgan fingerprint density at radius 2 is 2.08 bits per heavy atom. The van der Waals surface area contributed by atoms with Gasteiger partial charge in [0.2, 0.25) is 0 Å². The third-order valence-corrected chi connectivity index (χ3v) is 1.52. The molecule has 0 atom stereocenters. The Bertz CT molecular complexity index is 328. The van der Waals surface area contributed by atoms with Crippen molar-refractivity contribution in [3.8, 4) is 0 Å². The van der Waals surface area contributed by atoms with Gasteiger partial charge < -0.3 is 5.73 Å². The number of isothiocyanates is 1. The topological polar surface area (TPSA) is 55.5 Å². The van der Waals surface area contributed by atoms with Crippen LogP contribution in [0.4, 0.5) is 10.5 Å². The highest BCUT2D eigenvalue weighted by atomic mass is 32.1. The van der Waals surface area contributed by atoms with E-state index in [1.54, 1.807) is 0 Å². The molecular weight excluding hydrogens is 172 g/mol. The van der Waals surface area contributed by atoms with Crippen LogP contribution in [-0.2, 0) is 0 Å². The second-order valence-corrected chi connectivity index (χ2v) is 2.86. The number of carbonyl (C=O) groups is 1. The fourth-order valence-corrected chi connectivity index (χ4v) is 0.899. The van der Waals surface area contributed by atoms with Gasteiger partial charge in [0.25, 0.3) is 5.24 Å². The average Bonchev–Trinajstić information content (AvgIpc) is 2.05. The van der Waals surface area contributed by atoms with Gasteiger partial charge >= 0.3 is 0 Å². The van der Waals surface area contributed by atoms with Crippen LogP contribution in [0.2, 0.25) is 0 Å². The van der Waals surface area contributed by atoms with E-state index in [-0.39, 0.29) is 0 Å². The second kappa shape index (κ2) is 4.49. The third kappa shape index (κ3) is 3.14. The Labute approximate surface area is 73.9 Å². The lowest BCUT2D eigenvalue weighted by atomic mass is 10.3. The summed E-state index contributed by atoms with van der Waals surface area (Å²) >= 11 is 0.292. The Morgan fingerprint density at radius 3 is 2.67 bits per heavy atom. The first-order valence-electron chi connectivity index (χ1n) is 3.30. The summed E-state index contributed by atoms with van der Waals surface area (Å²) in [6, 6.07) is 9.27. The SMILES string of the molecule is NC(=O)[SH]=C=Nc1ccccc1. The van der Waals surface area contributed by atoms with Gasteiger partial charge in [-0.15, -0.1) is 0 Å². The van der Waals surface area contributed by atoms with Gasteiger partial charge in [0.1, 0.15) is 0 Å². The molecule has 2 N–H and O–H groups in total. The highest BCUT2D eigenvalue weighted by molar-refractivity contribution is 8.11. The maximum atomic E-state index is 10.3. The molecule has 0 aliphatic rings. The molecule has 4 heteroatoms. The largest absolute Gasteiger partial charge is 0.361 e. The smallest absolute Gasteiger partial charge is 0.276 e. The van der Waals surface area contributed by atoms with Crippen LogP contribution in [0.3, 0.4) is 0 Å². The van der Waals surface area contributed by atoms with Crippen molar-refractivity contribution in [3.05, 3.63) is 30.3 Å². The van der Waals surface area contributed by atoms with Gasteiger partial charge in [-0.3, -0.25) is 4.79 Å². The molecule has 0 aromatic heterocycles. The average molecular weight is 180 g/mol. The molecule has 1 rings (SSSR count). The Hall–Kier alpha value is -1.38.